The van der Waals surface area contributed by atoms with Gasteiger partial charge < -0.3 is 4.90 Å². The lowest BCUT2D eigenvalue weighted by molar-refractivity contribution is -0.385. The zero-order valence-corrected chi connectivity index (χ0v) is 12.7. The monoisotopic (exact) mass is 290 g/mol. The highest BCUT2D eigenvalue weighted by molar-refractivity contribution is 5.98. The predicted molar refractivity (Wildman–Crippen MR) is 83.0 cm³/mol. The van der Waals surface area contributed by atoms with Crippen LogP contribution in [0.4, 0.5) is 11.4 Å². The number of nitro benzene ring substituents is 1. The fourth-order valence-corrected chi connectivity index (χ4v) is 3.12. The first-order valence-electron chi connectivity index (χ1n) is 7.60. The van der Waals surface area contributed by atoms with E-state index in [-0.39, 0.29) is 17.0 Å². The number of hydrogen-bond donors (Lipinski definition) is 0. The van der Waals surface area contributed by atoms with Crippen molar-refractivity contribution >= 4 is 17.2 Å². The van der Waals surface area contributed by atoms with Crippen molar-refractivity contribution < 1.29 is 9.72 Å². The van der Waals surface area contributed by atoms with Crippen LogP contribution in [-0.4, -0.2) is 23.3 Å². The van der Waals surface area contributed by atoms with Crippen LogP contribution >= 0.6 is 0 Å². The molecule has 0 spiro atoms. The lowest BCUT2D eigenvalue weighted by atomic mass is 9.97. The van der Waals surface area contributed by atoms with Crippen LogP contribution < -0.4 is 4.90 Å². The molecule has 114 valence electrons. The molecule has 1 unspecified atom stereocenters. The van der Waals surface area contributed by atoms with E-state index in [1.54, 1.807) is 12.1 Å². The number of piperidine rings is 1. The molecular formula is C16H22N2O3. The summed E-state index contributed by atoms with van der Waals surface area (Å²) in [4.78, 5) is 24.5. The van der Waals surface area contributed by atoms with Gasteiger partial charge >= 0.3 is 0 Å². The van der Waals surface area contributed by atoms with Gasteiger partial charge in [-0.2, -0.15) is 0 Å². The first kappa shape index (κ1) is 15.5. The van der Waals surface area contributed by atoms with Gasteiger partial charge in [0.2, 0.25) is 0 Å². The van der Waals surface area contributed by atoms with Crippen molar-refractivity contribution in [3.8, 4) is 0 Å². The number of nitro groups is 1. The summed E-state index contributed by atoms with van der Waals surface area (Å²) in [7, 11) is 0. The van der Waals surface area contributed by atoms with Crippen LogP contribution in [0.1, 0.15) is 56.3 Å². The van der Waals surface area contributed by atoms with Gasteiger partial charge in [0.25, 0.3) is 5.69 Å². The first-order valence-corrected chi connectivity index (χ1v) is 7.60. The first-order chi connectivity index (χ1) is 10.0. The maximum absolute atomic E-state index is 11.5. The molecule has 0 N–H and O–H groups in total. The zero-order chi connectivity index (χ0) is 15.4. The Labute approximate surface area is 125 Å². The van der Waals surface area contributed by atoms with E-state index in [1.807, 2.05) is 6.07 Å². The highest BCUT2D eigenvalue weighted by Gasteiger charge is 2.25. The summed E-state index contributed by atoms with van der Waals surface area (Å²) in [5, 5.41) is 11.2. The SMILES string of the molecule is CCCC1CCCCN1c1ccc(C(C)=O)c([N+](=O)[O-])c1. The van der Waals surface area contributed by atoms with Crippen LogP contribution in [0, 0.1) is 10.1 Å². The van der Waals surface area contributed by atoms with Crippen molar-refractivity contribution in [3.05, 3.63) is 33.9 Å². The average Bonchev–Trinajstić information content (AvgIpc) is 2.47. The third kappa shape index (κ3) is 3.40. The predicted octanol–water partition coefficient (Wildman–Crippen LogP) is 3.96. The van der Waals surface area contributed by atoms with Gasteiger partial charge in [-0.25, -0.2) is 0 Å². The minimum Gasteiger partial charge on any atom is -0.368 e. The maximum atomic E-state index is 11.5. The van der Waals surface area contributed by atoms with Crippen LogP contribution in [0.5, 0.6) is 0 Å². The molecule has 1 aliphatic heterocycles. The Morgan fingerprint density at radius 2 is 2.19 bits per heavy atom. The summed E-state index contributed by atoms with van der Waals surface area (Å²) in [6.45, 7) is 4.46. The topological polar surface area (TPSA) is 63.5 Å². The molecule has 0 aliphatic carbocycles. The fourth-order valence-electron chi connectivity index (χ4n) is 3.12. The summed E-state index contributed by atoms with van der Waals surface area (Å²) in [5.41, 5.74) is 0.971. The highest BCUT2D eigenvalue weighted by atomic mass is 16.6. The van der Waals surface area contributed by atoms with Crippen LogP contribution in [0.3, 0.4) is 0 Å². The smallest absolute Gasteiger partial charge is 0.282 e. The number of ketones is 1. The molecule has 1 aromatic carbocycles. The molecule has 1 fully saturated rings. The molecule has 0 bridgehead atoms. The second kappa shape index (κ2) is 6.70. The van der Waals surface area contributed by atoms with Gasteiger partial charge in [-0.05, 0) is 44.7 Å². The van der Waals surface area contributed by atoms with Gasteiger partial charge in [0.1, 0.15) is 0 Å². The van der Waals surface area contributed by atoms with E-state index in [2.05, 4.69) is 11.8 Å². The zero-order valence-electron chi connectivity index (χ0n) is 12.7. The molecule has 1 saturated heterocycles. The number of rotatable bonds is 5. The molecule has 1 aromatic rings. The summed E-state index contributed by atoms with van der Waals surface area (Å²) < 4.78 is 0. The Hall–Kier alpha value is -1.91. The van der Waals surface area contributed by atoms with Crippen molar-refractivity contribution in [2.75, 3.05) is 11.4 Å². The molecule has 5 heteroatoms. The molecule has 5 nitrogen and oxygen atoms in total. The number of hydrogen-bond acceptors (Lipinski definition) is 4. The van der Waals surface area contributed by atoms with Crippen molar-refractivity contribution in [1.29, 1.82) is 0 Å². The second-order valence-electron chi connectivity index (χ2n) is 5.65. The molecule has 1 atom stereocenters. The minimum atomic E-state index is -0.459. The Morgan fingerprint density at radius 3 is 2.81 bits per heavy atom. The number of carbonyl (C=O) groups is 1. The lowest BCUT2D eigenvalue weighted by Gasteiger charge is -2.37. The van der Waals surface area contributed by atoms with E-state index in [9.17, 15) is 14.9 Å². The molecule has 0 radical (unpaired) electrons. The third-order valence-electron chi connectivity index (χ3n) is 4.14. The standard InChI is InChI=1S/C16H22N2O3/c1-3-6-13-7-4-5-10-17(13)14-8-9-15(12(2)19)16(11-14)18(20)21/h8-9,11,13H,3-7,10H2,1-2H3. The minimum absolute atomic E-state index is 0.0826. The summed E-state index contributed by atoms with van der Waals surface area (Å²) in [6.07, 6.45) is 5.67. The molecule has 2 rings (SSSR count). The highest BCUT2D eigenvalue weighted by Crippen LogP contribution is 2.31. The van der Waals surface area contributed by atoms with Crippen molar-refractivity contribution in [3.63, 3.8) is 0 Å². The molecule has 1 aliphatic rings. The van der Waals surface area contributed by atoms with E-state index >= 15 is 0 Å². The Bertz CT molecular complexity index is 540. The van der Waals surface area contributed by atoms with Crippen LogP contribution in [0.2, 0.25) is 0 Å². The Morgan fingerprint density at radius 1 is 1.43 bits per heavy atom. The molecule has 0 aromatic heterocycles. The third-order valence-corrected chi connectivity index (χ3v) is 4.14. The largest absolute Gasteiger partial charge is 0.368 e. The fraction of sp³-hybridized carbons (Fsp3) is 0.562. The molecule has 21 heavy (non-hydrogen) atoms. The number of nitrogens with zero attached hydrogens (tertiary/aromatic N) is 2. The van der Waals surface area contributed by atoms with Crippen LogP contribution in [0.15, 0.2) is 18.2 Å². The lowest BCUT2D eigenvalue weighted by Crippen LogP contribution is -2.39. The normalized spacial score (nSPS) is 18.6. The average molecular weight is 290 g/mol. The number of carbonyl (C=O) groups excluding carboxylic acids is 1. The maximum Gasteiger partial charge on any atom is 0.282 e. The van der Waals surface area contributed by atoms with Gasteiger partial charge in [-0.3, -0.25) is 14.9 Å². The van der Waals surface area contributed by atoms with Gasteiger partial charge in [0.05, 0.1) is 10.5 Å². The van der Waals surface area contributed by atoms with Crippen LogP contribution in [-0.2, 0) is 0 Å². The molecule has 1 heterocycles. The van der Waals surface area contributed by atoms with Gasteiger partial charge in [-0.1, -0.05) is 13.3 Å². The van der Waals surface area contributed by atoms with E-state index < -0.39 is 4.92 Å². The van der Waals surface area contributed by atoms with Crippen molar-refractivity contribution in [2.45, 2.75) is 52.0 Å². The number of anilines is 1. The van der Waals surface area contributed by atoms with E-state index in [4.69, 9.17) is 0 Å². The Kier molecular flexibility index (Phi) is 4.94. The summed E-state index contributed by atoms with van der Waals surface area (Å²) in [6, 6.07) is 5.45. The summed E-state index contributed by atoms with van der Waals surface area (Å²) in [5.74, 6) is -0.267. The Balaban J connectivity index is 2.36. The quantitative estimate of drug-likeness (QED) is 0.468. The van der Waals surface area contributed by atoms with Crippen molar-refractivity contribution in [1.82, 2.24) is 0 Å². The molecule has 0 amide bonds. The second-order valence-corrected chi connectivity index (χ2v) is 5.65. The van der Waals surface area contributed by atoms with E-state index in [0.29, 0.717) is 6.04 Å². The van der Waals surface area contributed by atoms with E-state index in [0.717, 1.165) is 37.9 Å². The molecular weight excluding hydrogens is 268 g/mol. The van der Waals surface area contributed by atoms with Gasteiger partial charge in [0.15, 0.2) is 5.78 Å². The van der Waals surface area contributed by atoms with Gasteiger partial charge in [0, 0.05) is 24.3 Å². The van der Waals surface area contributed by atoms with Gasteiger partial charge in [-0.15, -0.1) is 0 Å². The van der Waals surface area contributed by atoms with E-state index in [1.165, 1.54) is 13.3 Å². The van der Waals surface area contributed by atoms with Crippen LogP contribution in [0.25, 0.3) is 0 Å². The molecule has 0 saturated carbocycles. The number of benzene rings is 1. The van der Waals surface area contributed by atoms with Crippen molar-refractivity contribution in [2.24, 2.45) is 0 Å². The number of Topliss-reactive ketones (excluding diaryl/α,β-unsaturated/α-hetero) is 1. The summed E-state index contributed by atoms with van der Waals surface area (Å²) >= 11 is 0.